The number of benzene rings is 1. The summed E-state index contributed by atoms with van der Waals surface area (Å²) in [5.74, 6) is -0.335. The second-order valence-electron chi connectivity index (χ2n) is 3.19. The number of phenols is 1. The second kappa shape index (κ2) is 3.65. The van der Waals surface area contributed by atoms with Gasteiger partial charge in [-0.05, 0) is 24.6 Å². The second-order valence-corrected chi connectivity index (χ2v) is 3.19. The Balaban J connectivity index is 2.45. The summed E-state index contributed by atoms with van der Waals surface area (Å²) in [6.45, 7) is 1.78. The van der Waals surface area contributed by atoms with Gasteiger partial charge in [0.15, 0.2) is 11.6 Å². The first-order chi connectivity index (χ1) is 7.16. The number of aromatic nitrogens is 2. The molecule has 0 aliphatic rings. The lowest BCUT2D eigenvalue weighted by Gasteiger charge is -2.02. The Bertz CT molecular complexity index is 482. The third kappa shape index (κ3) is 1.93. The van der Waals surface area contributed by atoms with Gasteiger partial charge in [0, 0.05) is 18.0 Å². The van der Waals surface area contributed by atoms with E-state index in [1.165, 1.54) is 12.1 Å². The minimum Gasteiger partial charge on any atom is -0.505 e. The topological polar surface area (TPSA) is 46.0 Å². The van der Waals surface area contributed by atoms with Gasteiger partial charge >= 0.3 is 0 Å². The number of halogens is 1. The Kier molecular flexibility index (Phi) is 2.33. The lowest BCUT2D eigenvalue weighted by molar-refractivity contribution is 0.432. The van der Waals surface area contributed by atoms with Crippen LogP contribution in [0.3, 0.4) is 0 Å². The fraction of sp³-hybridized carbons (Fsp3) is 0.0909. The average molecular weight is 204 g/mol. The molecule has 76 valence electrons. The predicted octanol–water partition coefficient (Wildman–Crippen LogP) is 2.30. The number of aryl methyl sites for hydroxylation is 1. The van der Waals surface area contributed by atoms with Crippen LogP contribution in [0.25, 0.3) is 11.1 Å². The first-order valence-corrected chi connectivity index (χ1v) is 4.44. The van der Waals surface area contributed by atoms with Crippen LogP contribution in [0.1, 0.15) is 5.82 Å². The molecule has 0 saturated heterocycles. The van der Waals surface area contributed by atoms with Crippen LogP contribution in [0, 0.1) is 12.7 Å². The molecule has 0 unspecified atom stereocenters. The molecule has 1 heterocycles. The van der Waals surface area contributed by atoms with Crippen LogP contribution in [-0.4, -0.2) is 15.1 Å². The zero-order valence-corrected chi connectivity index (χ0v) is 8.11. The van der Waals surface area contributed by atoms with Crippen molar-refractivity contribution in [2.45, 2.75) is 6.92 Å². The monoisotopic (exact) mass is 204 g/mol. The molecule has 2 aromatic rings. The van der Waals surface area contributed by atoms with Crippen LogP contribution in [0.2, 0.25) is 0 Å². The van der Waals surface area contributed by atoms with Gasteiger partial charge in [0.05, 0.1) is 0 Å². The van der Waals surface area contributed by atoms with Crippen LogP contribution in [-0.2, 0) is 0 Å². The van der Waals surface area contributed by atoms with Crippen molar-refractivity contribution in [2.24, 2.45) is 0 Å². The Hall–Kier alpha value is -1.97. The molecule has 0 spiro atoms. The Morgan fingerprint density at radius 1 is 1.13 bits per heavy atom. The van der Waals surface area contributed by atoms with Gasteiger partial charge in [-0.1, -0.05) is 6.07 Å². The first-order valence-electron chi connectivity index (χ1n) is 4.44. The highest BCUT2D eigenvalue weighted by atomic mass is 19.1. The lowest BCUT2D eigenvalue weighted by Crippen LogP contribution is -1.88. The molecule has 2 rings (SSSR count). The fourth-order valence-electron chi connectivity index (χ4n) is 1.23. The molecule has 1 aromatic heterocycles. The molecule has 15 heavy (non-hydrogen) atoms. The quantitative estimate of drug-likeness (QED) is 0.775. The third-order valence-corrected chi connectivity index (χ3v) is 2.06. The predicted molar refractivity (Wildman–Crippen MR) is 53.8 cm³/mol. The summed E-state index contributed by atoms with van der Waals surface area (Å²) in [5.41, 5.74) is 1.37. The lowest BCUT2D eigenvalue weighted by atomic mass is 10.1. The van der Waals surface area contributed by atoms with Crippen molar-refractivity contribution in [3.63, 3.8) is 0 Å². The summed E-state index contributed by atoms with van der Waals surface area (Å²) < 4.78 is 13.1. The largest absolute Gasteiger partial charge is 0.505 e. The van der Waals surface area contributed by atoms with Crippen LogP contribution < -0.4 is 0 Å². The van der Waals surface area contributed by atoms with Crippen molar-refractivity contribution in [3.05, 3.63) is 42.2 Å². The summed E-state index contributed by atoms with van der Waals surface area (Å²) >= 11 is 0. The van der Waals surface area contributed by atoms with E-state index in [-0.39, 0.29) is 5.75 Å². The average Bonchev–Trinajstić information content (AvgIpc) is 2.23. The van der Waals surface area contributed by atoms with E-state index in [2.05, 4.69) is 9.97 Å². The number of aromatic hydroxyl groups is 1. The molecule has 0 atom stereocenters. The number of nitrogens with zero attached hydrogens (tertiary/aromatic N) is 2. The van der Waals surface area contributed by atoms with Crippen molar-refractivity contribution in [3.8, 4) is 16.9 Å². The number of phenolic OH excluding ortho intramolecular Hbond substituents is 1. The summed E-state index contributed by atoms with van der Waals surface area (Å²) in [7, 11) is 0. The molecule has 1 aromatic carbocycles. The summed E-state index contributed by atoms with van der Waals surface area (Å²) in [6.07, 6.45) is 3.24. The van der Waals surface area contributed by atoms with Crippen LogP contribution in [0.5, 0.6) is 5.75 Å². The third-order valence-electron chi connectivity index (χ3n) is 2.06. The maximum atomic E-state index is 13.1. The van der Waals surface area contributed by atoms with Gasteiger partial charge in [0.2, 0.25) is 0 Å². The highest BCUT2D eigenvalue weighted by Gasteiger charge is 2.04. The molecule has 0 bridgehead atoms. The van der Waals surface area contributed by atoms with Crippen molar-refractivity contribution in [1.29, 1.82) is 0 Å². The van der Waals surface area contributed by atoms with Gasteiger partial charge in [0.25, 0.3) is 0 Å². The van der Waals surface area contributed by atoms with E-state index in [1.807, 2.05) is 0 Å². The highest BCUT2D eigenvalue weighted by Crippen LogP contribution is 2.23. The number of hydrogen-bond donors (Lipinski definition) is 1. The van der Waals surface area contributed by atoms with Crippen LogP contribution in [0.15, 0.2) is 30.6 Å². The normalized spacial score (nSPS) is 10.3. The Morgan fingerprint density at radius 2 is 1.80 bits per heavy atom. The molecule has 1 N–H and O–H groups in total. The minimum absolute atomic E-state index is 0.355. The maximum Gasteiger partial charge on any atom is 0.165 e. The molecular weight excluding hydrogens is 195 g/mol. The van der Waals surface area contributed by atoms with E-state index in [1.54, 1.807) is 25.4 Å². The minimum atomic E-state index is -0.645. The molecule has 3 nitrogen and oxygen atoms in total. The Labute approximate surface area is 86.3 Å². The smallest absolute Gasteiger partial charge is 0.165 e. The molecular formula is C11H9FN2O. The van der Waals surface area contributed by atoms with E-state index in [0.29, 0.717) is 11.4 Å². The van der Waals surface area contributed by atoms with E-state index in [9.17, 15) is 4.39 Å². The zero-order chi connectivity index (χ0) is 10.8. The van der Waals surface area contributed by atoms with Gasteiger partial charge in [-0.25, -0.2) is 14.4 Å². The molecule has 0 aliphatic carbocycles. The summed E-state index contributed by atoms with van der Waals surface area (Å²) in [5, 5.41) is 9.03. The van der Waals surface area contributed by atoms with Gasteiger partial charge in [-0.3, -0.25) is 0 Å². The van der Waals surface area contributed by atoms with Crippen LogP contribution in [0.4, 0.5) is 4.39 Å². The van der Waals surface area contributed by atoms with Crippen molar-refractivity contribution >= 4 is 0 Å². The van der Waals surface area contributed by atoms with E-state index in [4.69, 9.17) is 5.11 Å². The van der Waals surface area contributed by atoms with E-state index >= 15 is 0 Å². The maximum absolute atomic E-state index is 13.1. The van der Waals surface area contributed by atoms with Crippen LogP contribution >= 0.6 is 0 Å². The van der Waals surface area contributed by atoms with Crippen molar-refractivity contribution in [1.82, 2.24) is 9.97 Å². The SMILES string of the molecule is Cc1ncc(-c2ccc(O)c(F)c2)cn1. The zero-order valence-electron chi connectivity index (χ0n) is 8.11. The molecule has 0 radical (unpaired) electrons. The van der Waals surface area contributed by atoms with Crippen molar-refractivity contribution < 1.29 is 9.50 Å². The van der Waals surface area contributed by atoms with Gasteiger partial charge in [0.1, 0.15) is 5.82 Å². The Morgan fingerprint density at radius 3 is 2.40 bits per heavy atom. The summed E-state index contributed by atoms with van der Waals surface area (Å²) in [4.78, 5) is 8.02. The fourth-order valence-corrected chi connectivity index (χ4v) is 1.23. The number of hydrogen-bond acceptors (Lipinski definition) is 3. The molecule has 0 amide bonds. The summed E-state index contributed by atoms with van der Waals surface area (Å²) in [6, 6.07) is 4.18. The van der Waals surface area contributed by atoms with E-state index < -0.39 is 5.82 Å². The van der Waals surface area contributed by atoms with Gasteiger partial charge < -0.3 is 5.11 Å². The standard InChI is InChI=1S/C11H9FN2O/c1-7-13-5-9(6-14-7)8-2-3-11(15)10(12)4-8/h2-6,15H,1H3. The van der Waals surface area contributed by atoms with Gasteiger partial charge in [-0.15, -0.1) is 0 Å². The number of rotatable bonds is 1. The molecule has 0 fully saturated rings. The molecule has 4 heteroatoms. The molecule has 0 saturated carbocycles. The first kappa shape index (κ1) is 9.58. The highest BCUT2D eigenvalue weighted by molar-refractivity contribution is 5.62. The van der Waals surface area contributed by atoms with Gasteiger partial charge in [-0.2, -0.15) is 0 Å². The molecule has 0 aliphatic heterocycles. The van der Waals surface area contributed by atoms with Crippen molar-refractivity contribution in [2.75, 3.05) is 0 Å². The van der Waals surface area contributed by atoms with E-state index in [0.717, 1.165) is 5.56 Å².